The summed E-state index contributed by atoms with van der Waals surface area (Å²) in [4.78, 5) is 14.9. The molecule has 0 N–H and O–H groups in total. The van der Waals surface area contributed by atoms with E-state index in [2.05, 4.69) is 10.1 Å². The number of hydrogen-bond donors (Lipinski definition) is 0. The minimum Gasteiger partial charge on any atom is -0.399 e. The van der Waals surface area contributed by atoms with Gasteiger partial charge in [-0.2, -0.15) is 17.9 Å². The van der Waals surface area contributed by atoms with Crippen LogP contribution in [0, 0.1) is 0 Å². The fourth-order valence-corrected chi connectivity index (χ4v) is 2.45. The topological polar surface area (TPSA) is 79.4 Å². The van der Waals surface area contributed by atoms with Crippen molar-refractivity contribution in [3.05, 3.63) is 28.5 Å². The van der Waals surface area contributed by atoms with Gasteiger partial charge < -0.3 is 13.7 Å². The van der Waals surface area contributed by atoms with Crippen LogP contribution in [0.15, 0.2) is 21.5 Å². The van der Waals surface area contributed by atoms with Gasteiger partial charge in [-0.1, -0.05) is 0 Å². The fourth-order valence-electron chi connectivity index (χ4n) is 2.45. The Morgan fingerprint density at radius 1 is 1.15 bits per heavy atom. The van der Waals surface area contributed by atoms with E-state index in [4.69, 9.17) is 13.7 Å². The van der Waals surface area contributed by atoms with Gasteiger partial charge in [-0.25, -0.2) is 4.79 Å². The zero-order valence-corrected chi connectivity index (χ0v) is 14.8. The number of aromatic nitrogens is 3. The summed E-state index contributed by atoms with van der Waals surface area (Å²) < 4.78 is 57.6. The third kappa shape index (κ3) is 3.05. The summed E-state index contributed by atoms with van der Waals surface area (Å²) >= 11 is 0. The first-order valence-corrected chi connectivity index (χ1v) is 7.79. The van der Waals surface area contributed by atoms with Crippen LogP contribution in [0.25, 0.3) is 11.5 Å². The van der Waals surface area contributed by atoms with Gasteiger partial charge in [0.15, 0.2) is 0 Å². The number of rotatable bonds is 2. The van der Waals surface area contributed by atoms with Crippen molar-refractivity contribution in [1.82, 2.24) is 14.8 Å². The molecule has 1 fully saturated rings. The summed E-state index contributed by atoms with van der Waals surface area (Å²) in [7, 11) is 0.0849. The number of pyridine rings is 1. The van der Waals surface area contributed by atoms with Gasteiger partial charge in [0.1, 0.15) is 5.69 Å². The number of halogens is 3. The van der Waals surface area contributed by atoms with Crippen molar-refractivity contribution in [2.75, 3.05) is 0 Å². The molecule has 7 nitrogen and oxygen atoms in total. The quantitative estimate of drug-likeness (QED) is 0.749. The molecule has 3 rings (SSSR count). The molecular formula is C15H17BF3N3O4. The lowest BCUT2D eigenvalue weighted by Crippen LogP contribution is -2.41. The molecule has 0 unspecified atom stereocenters. The molecule has 0 radical (unpaired) electrons. The number of aryl methyl sites for hydroxylation is 1. The summed E-state index contributed by atoms with van der Waals surface area (Å²) in [6.45, 7) is 6.93. The van der Waals surface area contributed by atoms with Crippen LogP contribution in [0.1, 0.15) is 33.4 Å². The molecule has 1 aliphatic heterocycles. The number of nitrogens with zero attached hydrogens (tertiary/aromatic N) is 3. The van der Waals surface area contributed by atoms with Gasteiger partial charge in [0.2, 0.25) is 0 Å². The van der Waals surface area contributed by atoms with E-state index in [1.807, 2.05) is 0 Å². The van der Waals surface area contributed by atoms with Gasteiger partial charge in [0.25, 0.3) is 5.89 Å². The summed E-state index contributed by atoms with van der Waals surface area (Å²) in [5.74, 6) is -0.881. The average molecular weight is 371 g/mol. The summed E-state index contributed by atoms with van der Waals surface area (Å²) in [5, 5.41) is 3.83. The lowest BCUT2D eigenvalue weighted by Gasteiger charge is -2.32. The Bertz CT molecular complexity index is 888. The minimum absolute atomic E-state index is 0.111. The van der Waals surface area contributed by atoms with Crippen LogP contribution in [0.2, 0.25) is 0 Å². The van der Waals surface area contributed by atoms with Gasteiger partial charge in [0, 0.05) is 18.7 Å². The molecule has 0 aliphatic carbocycles. The smallest absolute Gasteiger partial charge is 0.399 e. The molecule has 2 aromatic rings. The maximum atomic E-state index is 13.4. The summed E-state index contributed by atoms with van der Waals surface area (Å²) in [5.41, 5.74) is -2.97. The number of alkyl halides is 3. The lowest BCUT2D eigenvalue weighted by molar-refractivity contribution is -0.140. The van der Waals surface area contributed by atoms with Crippen LogP contribution >= 0.6 is 0 Å². The molecule has 0 amide bonds. The van der Waals surface area contributed by atoms with E-state index < -0.39 is 35.9 Å². The molecule has 0 aromatic carbocycles. The second-order valence-electron chi connectivity index (χ2n) is 7.04. The average Bonchev–Trinajstić information content (AvgIpc) is 2.94. The van der Waals surface area contributed by atoms with E-state index >= 15 is 0 Å². The first-order chi connectivity index (χ1) is 11.8. The molecule has 2 aromatic heterocycles. The Hall–Kier alpha value is -2.14. The molecule has 1 aliphatic rings. The molecular weight excluding hydrogens is 354 g/mol. The maximum Gasteiger partial charge on any atom is 0.497 e. The third-order valence-electron chi connectivity index (χ3n) is 4.63. The van der Waals surface area contributed by atoms with E-state index in [9.17, 15) is 18.0 Å². The van der Waals surface area contributed by atoms with Gasteiger partial charge in [-0.3, -0.25) is 4.98 Å². The second kappa shape index (κ2) is 5.68. The van der Waals surface area contributed by atoms with E-state index in [1.165, 1.54) is 13.1 Å². The van der Waals surface area contributed by atoms with Crippen LogP contribution in [-0.2, 0) is 22.5 Å². The Morgan fingerprint density at radius 3 is 2.19 bits per heavy atom. The molecule has 0 spiro atoms. The van der Waals surface area contributed by atoms with Gasteiger partial charge in [0.05, 0.1) is 16.8 Å². The highest BCUT2D eigenvalue weighted by Gasteiger charge is 2.54. The highest BCUT2D eigenvalue weighted by atomic mass is 19.4. The Morgan fingerprint density at radius 2 is 1.73 bits per heavy atom. The van der Waals surface area contributed by atoms with Crippen molar-refractivity contribution in [3.8, 4) is 11.5 Å². The lowest BCUT2D eigenvalue weighted by atomic mass is 9.77. The van der Waals surface area contributed by atoms with Crippen molar-refractivity contribution < 1.29 is 26.9 Å². The third-order valence-corrected chi connectivity index (χ3v) is 4.63. The van der Waals surface area contributed by atoms with E-state index in [0.29, 0.717) is 0 Å². The van der Waals surface area contributed by atoms with Crippen molar-refractivity contribution >= 4 is 12.6 Å². The molecule has 140 valence electrons. The van der Waals surface area contributed by atoms with Crippen molar-refractivity contribution in [2.24, 2.45) is 7.05 Å². The minimum atomic E-state index is -4.71. The maximum absolute atomic E-state index is 13.4. The standard InChI is InChI=1S/C15H17BF3N3O4/c1-13(2)14(3,4)26-16(25-13)9-6-8(7-20-10(9)15(17,18)19)11-21-22(5)12(23)24-11/h6-7H,1-5H3. The zero-order chi connectivity index (χ0) is 19.5. The Labute approximate surface area is 147 Å². The fraction of sp³-hybridized carbons (Fsp3) is 0.533. The van der Waals surface area contributed by atoms with Crippen LogP contribution in [0.5, 0.6) is 0 Å². The summed E-state index contributed by atoms with van der Waals surface area (Å²) in [6, 6.07) is 1.17. The largest absolute Gasteiger partial charge is 0.497 e. The van der Waals surface area contributed by atoms with Crippen molar-refractivity contribution in [2.45, 2.75) is 45.1 Å². The first kappa shape index (κ1) is 18.6. The van der Waals surface area contributed by atoms with Crippen LogP contribution in [-0.4, -0.2) is 33.1 Å². The molecule has 11 heteroatoms. The molecule has 1 saturated heterocycles. The van der Waals surface area contributed by atoms with Gasteiger partial charge in [-0.15, -0.1) is 5.10 Å². The second-order valence-corrected chi connectivity index (χ2v) is 7.04. The molecule has 0 atom stereocenters. The number of hydrogen-bond acceptors (Lipinski definition) is 6. The van der Waals surface area contributed by atoms with Crippen molar-refractivity contribution in [1.29, 1.82) is 0 Å². The van der Waals surface area contributed by atoms with E-state index in [0.717, 1.165) is 10.9 Å². The van der Waals surface area contributed by atoms with E-state index in [-0.39, 0.29) is 16.9 Å². The highest BCUT2D eigenvalue weighted by molar-refractivity contribution is 6.62. The predicted octanol–water partition coefficient (Wildman–Crippen LogP) is 1.75. The highest BCUT2D eigenvalue weighted by Crippen LogP contribution is 2.38. The van der Waals surface area contributed by atoms with Crippen LogP contribution in [0.3, 0.4) is 0 Å². The van der Waals surface area contributed by atoms with Crippen LogP contribution in [0.4, 0.5) is 13.2 Å². The van der Waals surface area contributed by atoms with E-state index in [1.54, 1.807) is 27.7 Å². The molecule has 0 bridgehead atoms. The first-order valence-electron chi connectivity index (χ1n) is 7.79. The van der Waals surface area contributed by atoms with Gasteiger partial charge in [-0.05, 0) is 33.8 Å². The molecule has 3 heterocycles. The van der Waals surface area contributed by atoms with Crippen LogP contribution < -0.4 is 11.2 Å². The predicted molar refractivity (Wildman–Crippen MR) is 85.7 cm³/mol. The normalized spacial score (nSPS) is 19.2. The van der Waals surface area contributed by atoms with Crippen molar-refractivity contribution in [3.63, 3.8) is 0 Å². The Balaban J connectivity index is 2.12. The monoisotopic (exact) mass is 371 g/mol. The Kier molecular flexibility index (Phi) is 4.08. The SMILES string of the molecule is Cn1nc(-c2cnc(C(F)(F)F)c(B3OC(C)(C)C(C)(C)O3)c2)oc1=O. The molecule has 0 saturated carbocycles. The molecule has 26 heavy (non-hydrogen) atoms. The summed E-state index contributed by atoms with van der Waals surface area (Å²) in [6.07, 6.45) is -3.76. The zero-order valence-electron chi connectivity index (χ0n) is 14.8. The van der Waals surface area contributed by atoms with Gasteiger partial charge >= 0.3 is 19.1 Å².